The fraction of sp³-hybridized carbons (Fsp3) is 0.750. The molecule has 0 spiro atoms. The van der Waals surface area contributed by atoms with Crippen molar-refractivity contribution in [3.05, 3.63) is 17.5 Å². The molecule has 0 aliphatic carbocycles. The van der Waals surface area contributed by atoms with Gasteiger partial charge in [-0.05, 0) is 40.2 Å². The molecule has 1 aromatic rings. The van der Waals surface area contributed by atoms with Gasteiger partial charge in [-0.2, -0.15) is 5.10 Å². The van der Waals surface area contributed by atoms with Gasteiger partial charge in [-0.1, -0.05) is 0 Å². The second-order valence-electron chi connectivity index (χ2n) is 6.47. The van der Waals surface area contributed by atoms with Crippen LogP contribution in [0.25, 0.3) is 0 Å². The average Bonchev–Trinajstić information content (AvgIpc) is 2.86. The molecule has 1 aliphatic rings. The van der Waals surface area contributed by atoms with Crippen LogP contribution in [0.15, 0.2) is 6.20 Å². The van der Waals surface area contributed by atoms with Gasteiger partial charge in [0.05, 0.1) is 11.6 Å². The number of rotatable bonds is 6. The molecule has 3 N–H and O–H groups in total. The van der Waals surface area contributed by atoms with E-state index in [1.807, 2.05) is 4.68 Å². The predicted octanol–water partition coefficient (Wildman–Crippen LogP) is 1.06. The Hall–Kier alpha value is -1.40. The molecule has 0 aromatic carbocycles. The first-order valence-electron chi connectivity index (χ1n) is 8.26. The number of amides is 1. The smallest absolute Gasteiger partial charge is 0.224 e. The van der Waals surface area contributed by atoms with Crippen molar-refractivity contribution in [2.75, 3.05) is 26.2 Å². The van der Waals surface area contributed by atoms with Gasteiger partial charge >= 0.3 is 0 Å². The van der Waals surface area contributed by atoms with Crippen molar-refractivity contribution >= 4 is 5.91 Å². The highest BCUT2D eigenvalue weighted by Crippen LogP contribution is 2.20. The maximum atomic E-state index is 12.1. The zero-order valence-corrected chi connectivity index (χ0v) is 14.0. The molecule has 2 rings (SSSR count). The topological polar surface area (TPSA) is 76.2 Å². The van der Waals surface area contributed by atoms with Crippen molar-refractivity contribution in [1.29, 1.82) is 0 Å². The SMILES string of the molecule is Cc1nn(C(C)C)cc1CN1CCCC(C(=O)NCCN)C1. The molecule has 1 aliphatic heterocycles. The first kappa shape index (κ1) is 17.0. The van der Waals surface area contributed by atoms with Gasteiger partial charge in [-0.3, -0.25) is 14.4 Å². The fourth-order valence-corrected chi connectivity index (χ4v) is 2.93. The van der Waals surface area contributed by atoms with Crippen LogP contribution < -0.4 is 11.1 Å². The third-order valence-electron chi connectivity index (χ3n) is 4.26. The number of aromatic nitrogens is 2. The molecule has 1 aromatic heterocycles. The number of nitrogens with two attached hydrogens (primary N) is 1. The number of hydrogen-bond donors (Lipinski definition) is 2. The predicted molar refractivity (Wildman–Crippen MR) is 87.4 cm³/mol. The summed E-state index contributed by atoms with van der Waals surface area (Å²) in [4.78, 5) is 14.5. The minimum Gasteiger partial charge on any atom is -0.355 e. The third kappa shape index (κ3) is 4.30. The van der Waals surface area contributed by atoms with Gasteiger partial charge in [0.1, 0.15) is 0 Å². The number of hydrogen-bond acceptors (Lipinski definition) is 4. The van der Waals surface area contributed by atoms with E-state index < -0.39 is 0 Å². The summed E-state index contributed by atoms with van der Waals surface area (Å²) in [5.74, 6) is 0.227. The van der Waals surface area contributed by atoms with Gasteiger partial charge in [0.2, 0.25) is 5.91 Å². The number of nitrogens with zero attached hydrogens (tertiary/aromatic N) is 3. The molecule has 0 radical (unpaired) electrons. The zero-order valence-electron chi connectivity index (χ0n) is 14.0. The van der Waals surface area contributed by atoms with Crippen LogP contribution in [0.3, 0.4) is 0 Å². The van der Waals surface area contributed by atoms with E-state index in [-0.39, 0.29) is 11.8 Å². The summed E-state index contributed by atoms with van der Waals surface area (Å²) in [6.07, 6.45) is 4.17. The van der Waals surface area contributed by atoms with Gasteiger partial charge in [0.25, 0.3) is 0 Å². The van der Waals surface area contributed by atoms with Gasteiger partial charge in [0.15, 0.2) is 0 Å². The lowest BCUT2D eigenvalue weighted by molar-refractivity contribution is -0.126. The van der Waals surface area contributed by atoms with Crippen LogP contribution >= 0.6 is 0 Å². The number of carbonyl (C=O) groups excluding carboxylic acids is 1. The van der Waals surface area contributed by atoms with Gasteiger partial charge < -0.3 is 11.1 Å². The first-order chi connectivity index (χ1) is 10.5. The van der Waals surface area contributed by atoms with Gasteiger partial charge in [-0.25, -0.2) is 0 Å². The van der Waals surface area contributed by atoms with Crippen molar-refractivity contribution in [2.24, 2.45) is 11.7 Å². The number of nitrogens with one attached hydrogen (secondary N) is 1. The molecular weight excluding hydrogens is 278 g/mol. The average molecular weight is 307 g/mol. The molecule has 1 saturated heterocycles. The lowest BCUT2D eigenvalue weighted by Crippen LogP contribution is -2.43. The van der Waals surface area contributed by atoms with E-state index in [1.165, 1.54) is 5.56 Å². The normalized spacial score (nSPS) is 19.6. The van der Waals surface area contributed by atoms with Crippen molar-refractivity contribution in [3.8, 4) is 0 Å². The van der Waals surface area contributed by atoms with E-state index in [9.17, 15) is 4.79 Å². The highest BCUT2D eigenvalue weighted by atomic mass is 16.1. The van der Waals surface area contributed by atoms with E-state index in [4.69, 9.17) is 5.73 Å². The van der Waals surface area contributed by atoms with Crippen molar-refractivity contribution in [3.63, 3.8) is 0 Å². The van der Waals surface area contributed by atoms with E-state index in [1.54, 1.807) is 0 Å². The van der Waals surface area contributed by atoms with Crippen LogP contribution in [0.1, 0.15) is 44.0 Å². The Bertz CT molecular complexity index is 497. The maximum Gasteiger partial charge on any atom is 0.224 e. The highest BCUT2D eigenvalue weighted by molar-refractivity contribution is 5.78. The third-order valence-corrected chi connectivity index (χ3v) is 4.26. The highest BCUT2D eigenvalue weighted by Gasteiger charge is 2.26. The molecule has 124 valence electrons. The minimum absolute atomic E-state index is 0.0840. The molecule has 0 saturated carbocycles. The first-order valence-corrected chi connectivity index (χ1v) is 8.26. The monoisotopic (exact) mass is 307 g/mol. The van der Waals surface area contributed by atoms with Crippen molar-refractivity contribution in [1.82, 2.24) is 20.0 Å². The lowest BCUT2D eigenvalue weighted by Gasteiger charge is -2.31. The van der Waals surface area contributed by atoms with E-state index in [0.29, 0.717) is 19.1 Å². The summed E-state index contributed by atoms with van der Waals surface area (Å²) in [5.41, 5.74) is 7.79. The van der Waals surface area contributed by atoms with E-state index >= 15 is 0 Å². The molecule has 2 heterocycles. The number of likely N-dealkylation sites (tertiary alicyclic amines) is 1. The molecule has 1 amide bonds. The van der Waals surface area contributed by atoms with Gasteiger partial charge in [-0.15, -0.1) is 0 Å². The Morgan fingerprint density at radius 1 is 1.55 bits per heavy atom. The second-order valence-corrected chi connectivity index (χ2v) is 6.47. The minimum atomic E-state index is 0.0840. The quantitative estimate of drug-likeness (QED) is 0.824. The summed E-state index contributed by atoms with van der Waals surface area (Å²) in [6, 6.07) is 0.378. The summed E-state index contributed by atoms with van der Waals surface area (Å²) >= 11 is 0. The van der Waals surface area contributed by atoms with E-state index in [0.717, 1.165) is 38.2 Å². The molecule has 0 bridgehead atoms. The Morgan fingerprint density at radius 2 is 2.32 bits per heavy atom. The largest absolute Gasteiger partial charge is 0.355 e. The van der Waals surface area contributed by atoms with Crippen molar-refractivity contribution < 1.29 is 4.79 Å². The molecule has 6 heteroatoms. The molecule has 1 atom stereocenters. The molecule has 6 nitrogen and oxygen atoms in total. The second kappa shape index (κ2) is 7.74. The van der Waals surface area contributed by atoms with Crippen LogP contribution in [0.5, 0.6) is 0 Å². The molecule has 1 fully saturated rings. The zero-order chi connectivity index (χ0) is 16.1. The molecule has 1 unspecified atom stereocenters. The lowest BCUT2D eigenvalue weighted by atomic mass is 9.96. The van der Waals surface area contributed by atoms with Crippen LogP contribution in [0, 0.1) is 12.8 Å². The maximum absolute atomic E-state index is 12.1. The number of carbonyl (C=O) groups is 1. The van der Waals surface area contributed by atoms with Crippen LogP contribution in [-0.2, 0) is 11.3 Å². The Balaban J connectivity index is 1.94. The van der Waals surface area contributed by atoms with Crippen LogP contribution in [0.4, 0.5) is 0 Å². The summed E-state index contributed by atoms with van der Waals surface area (Å²) < 4.78 is 2.01. The molecule has 22 heavy (non-hydrogen) atoms. The van der Waals surface area contributed by atoms with E-state index in [2.05, 4.69) is 42.3 Å². The van der Waals surface area contributed by atoms with Crippen LogP contribution in [0.2, 0.25) is 0 Å². The fourth-order valence-electron chi connectivity index (χ4n) is 2.93. The van der Waals surface area contributed by atoms with Crippen molar-refractivity contribution in [2.45, 2.75) is 46.2 Å². The Labute approximate surface area is 133 Å². The summed E-state index contributed by atoms with van der Waals surface area (Å²) in [6.45, 7) is 10.1. The standard InChI is InChI=1S/C16H29N5O/c1-12(2)21-11-15(13(3)19-21)10-20-8-4-5-14(9-20)16(22)18-7-6-17/h11-12,14H,4-10,17H2,1-3H3,(H,18,22). The number of piperidine rings is 1. The Kier molecular flexibility index (Phi) is 5.97. The Morgan fingerprint density at radius 3 is 2.95 bits per heavy atom. The summed E-state index contributed by atoms with van der Waals surface area (Å²) in [7, 11) is 0. The van der Waals surface area contributed by atoms with Crippen LogP contribution in [-0.4, -0.2) is 46.8 Å². The van der Waals surface area contributed by atoms with Gasteiger partial charge in [0, 0.05) is 44.0 Å². The number of aryl methyl sites for hydroxylation is 1. The molecular formula is C16H29N5O. The summed E-state index contributed by atoms with van der Waals surface area (Å²) in [5, 5.41) is 7.48.